The van der Waals surface area contributed by atoms with E-state index in [1.807, 2.05) is 30.5 Å². The lowest BCUT2D eigenvalue weighted by Gasteiger charge is -2.32. The topological polar surface area (TPSA) is 42.3 Å². The van der Waals surface area contributed by atoms with Gasteiger partial charge in [-0.05, 0) is 73.6 Å². The summed E-state index contributed by atoms with van der Waals surface area (Å²) in [6, 6.07) is 19.2. The van der Waals surface area contributed by atoms with E-state index in [1.54, 1.807) is 7.11 Å². The minimum absolute atomic E-state index is 0.0203. The number of thiocarbonyl (C=S) groups is 1. The molecule has 2 aliphatic rings. The van der Waals surface area contributed by atoms with Gasteiger partial charge in [0, 0.05) is 29.8 Å². The molecule has 0 bridgehead atoms. The Kier molecular flexibility index (Phi) is 5.64. The van der Waals surface area contributed by atoms with Crippen LogP contribution in [0.4, 0.5) is 5.69 Å². The largest absolute Gasteiger partial charge is 0.497 e. The molecule has 0 unspecified atom stereocenters. The van der Waals surface area contributed by atoms with Crippen molar-refractivity contribution in [3.63, 3.8) is 0 Å². The van der Waals surface area contributed by atoms with Gasteiger partial charge in [0.1, 0.15) is 11.8 Å². The van der Waals surface area contributed by atoms with Crippen LogP contribution in [0.1, 0.15) is 61.6 Å². The van der Waals surface area contributed by atoms with Crippen LogP contribution in [0.15, 0.2) is 67.0 Å². The number of ether oxygens (including phenoxy) is 1. The molecule has 2 atom stereocenters. The molecule has 2 fully saturated rings. The average Bonchev–Trinajstić information content (AvgIpc) is 3.44. The molecule has 1 saturated heterocycles. The van der Waals surface area contributed by atoms with Crippen molar-refractivity contribution in [2.75, 3.05) is 12.0 Å². The highest BCUT2D eigenvalue weighted by atomic mass is 32.1. The van der Waals surface area contributed by atoms with Crippen molar-refractivity contribution >= 4 is 23.0 Å². The number of rotatable bonds is 5. The van der Waals surface area contributed by atoms with Crippen LogP contribution in [-0.4, -0.2) is 21.8 Å². The van der Waals surface area contributed by atoms with Crippen LogP contribution in [0.2, 0.25) is 0 Å². The first-order valence-corrected chi connectivity index (χ1v) is 11.5. The maximum absolute atomic E-state index is 5.86. The highest BCUT2D eigenvalue weighted by molar-refractivity contribution is 7.80. The second kappa shape index (κ2) is 8.71. The zero-order valence-corrected chi connectivity index (χ0v) is 18.6. The van der Waals surface area contributed by atoms with Crippen molar-refractivity contribution < 1.29 is 4.74 Å². The Morgan fingerprint density at radius 2 is 1.81 bits per heavy atom. The molecular weight excluding hydrogens is 404 g/mol. The molecule has 3 aromatic rings. The number of aromatic nitrogens is 2. The Morgan fingerprint density at radius 3 is 2.52 bits per heavy atom. The molecular formula is C25H28N4OS. The molecule has 2 aromatic heterocycles. The Morgan fingerprint density at radius 1 is 1.00 bits per heavy atom. The third kappa shape index (κ3) is 3.81. The number of nitrogens with one attached hydrogen (secondary N) is 1. The van der Waals surface area contributed by atoms with Crippen molar-refractivity contribution in [3.05, 3.63) is 78.4 Å². The summed E-state index contributed by atoms with van der Waals surface area (Å²) in [6.45, 7) is 0. The molecule has 0 spiro atoms. The molecule has 160 valence electrons. The summed E-state index contributed by atoms with van der Waals surface area (Å²) in [6.07, 6.45) is 10.5. The van der Waals surface area contributed by atoms with Gasteiger partial charge in [0.05, 0.1) is 18.8 Å². The van der Waals surface area contributed by atoms with E-state index in [4.69, 9.17) is 17.0 Å². The van der Waals surface area contributed by atoms with E-state index in [-0.39, 0.29) is 12.1 Å². The van der Waals surface area contributed by atoms with Crippen LogP contribution in [-0.2, 0) is 0 Å². The second-order valence-corrected chi connectivity index (χ2v) is 8.71. The fourth-order valence-corrected chi connectivity index (χ4v) is 5.37. The maximum Gasteiger partial charge on any atom is 0.174 e. The molecule has 3 heterocycles. The predicted octanol–water partition coefficient (Wildman–Crippen LogP) is 5.57. The molecule has 1 saturated carbocycles. The van der Waals surface area contributed by atoms with Gasteiger partial charge in [-0.2, -0.15) is 0 Å². The zero-order valence-electron chi connectivity index (χ0n) is 17.8. The molecule has 1 aliphatic carbocycles. The molecule has 1 aliphatic heterocycles. The van der Waals surface area contributed by atoms with Crippen LogP contribution >= 0.6 is 12.2 Å². The highest BCUT2D eigenvalue weighted by Gasteiger charge is 2.42. The first kappa shape index (κ1) is 20.1. The normalized spacial score (nSPS) is 21.8. The fraction of sp³-hybridized carbons (Fsp3) is 0.360. The summed E-state index contributed by atoms with van der Waals surface area (Å²) >= 11 is 5.86. The number of nitrogens with zero attached hydrogens (tertiary/aromatic N) is 3. The lowest BCUT2D eigenvalue weighted by Crippen LogP contribution is -2.31. The van der Waals surface area contributed by atoms with E-state index in [2.05, 4.69) is 56.3 Å². The SMILES string of the molecule is COc1ccc(N2C(=S)N[C@H](c3ccccn3)[C@H]2c2cccn2C2CCCCC2)cc1. The minimum atomic E-state index is -0.0203. The molecule has 0 radical (unpaired) electrons. The number of methoxy groups -OCH3 is 1. The first-order chi connectivity index (χ1) is 15.3. The molecule has 31 heavy (non-hydrogen) atoms. The Hall–Kier alpha value is -2.86. The first-order valence-electron chi connectivity index (χ1n) is 11.1. The van der Waals surface area contributed by atoms with Gasteiger partial charge in [0.2, 0.25) is 0 Å². The summed E-state index contributed by atoms with van der Waals surface area (Å²) in [5, 5.41) is 4.29. The summed E-state index contributed by atoms with van der Waals surface area (Å²) in [5.74, 6) is 0.838. The number of benzene rings is 1. The molecule has 5 rings (SSSR count). The highest BCUT2D eigenvalue weighted by Crippen LogP contribution is 2.43. The van der Waals surface area contributed by atoms with Gasteiger partial charge in [-0.15, -0.1) is 0 Å². The lowest BCUT2D eigenvalue weighted by atomic mass is 9.94. The van der Waals surface area contributed by atoms with Gasteiger partial charge < -0.3 is 19.5 Å². The van der Waals surface area contributed by atoms with Gasteiger partial charge in [-0.25, -0.2) is 0 Å². The molecule has 1 aromatic carbocycles. The Balaban J connectivity index is 1.59. The van der Waals surface area contributed by atoms with E-state index in [9.17, 15) is 0 Å². The number of hydrogen-bond donors (Lipinski definition) is 1. The Bertz CT molecular complexity index is 1030. The van der Waals surface area contributed by atoms with Crippen LogP contribution in [0, 0.1) is 0 Å². The van der Waals surface area contributed by atoms with E-state index < -0.39 is 0 Å². The van der Waals surface area contributed by atoms with Crippen molar-refractivity contribution in [1.29, 1.82) is 0 Å². The van der Waals surface area contributed by atoms with Crippen LogP contribution in [0.3, 0.4) is 0 Å². The number of hydrogen-bond acceptors (Lipinski definition) is 3. The van der Waals surface area contributed by atoms with Crippen LogP contribution in [0.25, 0.3) is 0 Å². The van der Waals surface area contributed by atoms with Gasteiger partial charge in [-0.3, -0.25) is 4.98 Å². The number of anilines is 1. The summed E-state index contributed by atoms with van der Waals surface area (Å²) in [5.41, 5.74) is 3.34. The van der Waals surface area contributed by atoms with Gasteiger partial charge in [0.15, 0.2) is 5.11 Å². The van der Waals surface area contributed by atoms with Crippen molar-refractivity contribution in [2.24, 2.45) is 0 Å². The van der Waals surface area contributed by atoms with Crippen molar-refractivity contribution in [2.45, 2.75) is 50.2 Å². The third-order valence-electron chi connectivity index (χ3n) is 6.53. The summed E-state index contributed by atoms with van der Waals surface area (Å²) in [7, 11) is 1.69. The van der Waals surface area contributed by atoms with Crippen molar-refractivity contribution in [1.82, 2.24) is 14.9 Å². The van der Waals surface area contributed by atoms with Gasteiger partial charge >= 0.3 is 0 Å². The minimum Gasteiger partial charge on any atom is -0.497 e. The standard InChI is InChI=1S/C25H28N4OS/c1-30-20-14-12-19(13-15-20)29-24(23(27-25(29)31)21-10-5-6-16-26-21)22-11-7-17-28(22)18-8-3-2-4-9-18/h5-7,10-18,23-24H,2-4,8-9H2,1H3,(H,27,31)/t23-,24-/m1/s1. The fourth-order valence-electron chi connectivity index (χ4n) is 5.03. The van der Waals surface area contributed by atoms with E-state index in [1.165, 1.54) is 37.8 Å². The summed E-state index contributed by atoms with van der Waals surface area (Å²) < 4.78 is 7.86. The van der Waals surface area contributed by atoms with Crippen LogP contribution < -0.4 is 15.0 Å². The van der Waals surface area contributed by atoms with Gasteiger partial charge in [0.25, 0.3) is 0 Å². The number of pyridine rings is 1. The van der Waals surface area contributed by atoms with Gasteiger partial charge in [-0.1, -0.05) is 25.3 Å². The summed E-state index contributed by atoms with van der Waals surface area (Å²) in [4.78, 5) is 6.91. The quantitative estimate of drug-likeness (QED) is 0.534. The average molecular weight is 433 g/mol. The molecule has 0 amide bonds. The van der Waals surface area contributed by atoms with Crippen molar-refractivity contribution in [3.8, 4) is 5.75 Å². The third-order valence-corrected chi connectivity index (χ3v) is 6.85. The second-order valence-electron chi connectivity index (χ2n) is 8.33. The Labute approximate surface area is 189 Å². The van der Waals surface area contributed by atoms with E-state index >= 15 is 0 Å². The molecule has 1 N–H and O–H groups in total. The van der Waals surface area contributed by atoms with E-state index in [0.29, 0.717) is 6.04 Å². The van der Waals surface area contributed by atoms with E-state index in [0.717, 1.165) is 22.2 Å². The lowest BCUT2D eigenvalue weighted by molar-refractivity contribution is 0.340. The predicted molar refractivity (Wildman–Crippen MR) is 127 cm³/mol. The monoisotopic (exact) mass is 432 g/mol. The molecule has 5 nitrogen and oxygen atoms in total. The smallest absolute Gasteiger partial charge is 0.174 e. The molecule has 6 heteroatoms. The maximum atomic E-state index is 5.86. The zero-order chi connectivity index (χ0) is 21.2. The van der Waals surface area contributed by atoms with Crippen LogP contribution in [0.5, 0.6) is 5.75 Å².